The Balaban J connectivity index is 2.53. The number of hydrogen-bond acceptors (Lipinski definition) is 4. The van der Waals surface area contributed by atoms with Crippen molar-refractivity contribution >= 4 is 9.84 Å². The zero-order valence-electron chi connectivity index (χ0n) is 10.5. The van der Waals surface area contributed by atoms with Gasteiger partial charge in [0.1, 0.15) is 5.75 Å². The van der Waals surface area contributed by atoms with E-state index in [1.807, 2.05) is 0 Å². The van der Waals surface area contributed by atoms with Gasteiger partial charge in [-0.05, 0) is 38.0 Å². The van der Waals surface area contributed by atoms with Crippen LogP contribution in [-0.4, -0.2) is 24.3 Å². The summed E-state index contributed by atoms with van der Waals surface area (Å²) >= 11 is 0. The molecule has 1 aliphatic carbocycles. The molecule has 1 aromatic rings. The molecule has 1 aliphatic rings. The molecule has 1 saturated carbocycles. The van der Waals surface area contributed by atoms with Gasteiger partial charge < -0.3 is 10.8 Å². The van der Waals surface area contributed by atoms with Crippen LogP contribution >= 0.6 is 0 Å². The molecule has 1 aromatic carbocycles. The predicted molar refractivity (Wildman–Crippen MR) is 70.1 cm³/mol. The molecule has 18 heavy (non-hydrogen) atoms. The maximum atomic E-state index is 12.8. The van der Waals surface area contributed by atoms with Gasteiger partial charge in [-0.25, -0.2) is 8.42 Å². The monoisotopic (exact) mass is 269 g/mol. The minimum Gasteiger partial charge on any atom is -0.508 e. The summed E-state index contributed by atoms with van der Waals surface area (Å²) in [4.78, 5) is 0.168. The average molecular weight is 269 g/mol. The molecule has 1 atom stereocenters. The van der Waals surface area contributed by atoms with Crippen LogP contribution in [0.3, 0.4) is 0 Å². The van der Waals surface area contributed by atoms with E-state index >= 15 is 0 Å². The first-order valence-corrected chi connectivity index (χ1v) is 7.68. The van der Waals surface area contributed by atoms with Gasteiger partial charge >= 0.3 is 0 Å². The molecule has 0 aliphatic heterocycles. The van der Waals surface area contributed by atoms with Crippen molar-refractivity contribution in [3.63, 3.8) is 0 Å². The highest BCUT2D eigenvalue weighted by molar-refractivity contribution is 7.93. The summed E-state index contributed by atoms with van der Waals surface area (Å²) in [7, 11) is -3.51. The Morgan fingerprint density at radius 1 is 1.33 bits per heavy atom. The van der Waals surface area contributed by atoms with Crippen molar-refractivity contribution in [1.29, 1.82) is 0 Å². The maximum Gasteiger partial charge on any atom is 0.185 e. The largest absolute Gasteiger partial charge is 0.508 e. The molecule has 0 amide bonds. The van der Waals surface area contributed by atoms with Crippen molar-refractivity contribution in [2.75, 3.05) is 0 Å². The molecule has 1 unspecified atom stereocenters. The summed E-state index contributed by atoms with van der Waals surface area (Å²) < 4.78 is 24.6. The number of sulfone groups is 1. The van der Waals surface area contributed by atoms with Gasteiger partial charge in [-0.1, -0.05) is 18.9 Å². The van der Waals surface area contributed by atoms with Crippen molar-refractivity contribution in [2.45, 2.75) is 48.3 Å². The van der Waals surface area contributed by atoms with Crippen molar-refractivity contribution in [3.05, 3.63) is 24.3 Å². The molecule has 2 rings (SSSR count). The van der Waals surface area contributed by atoms with E-state index < -0.39 is 20.6 Å². The quantitative estimate of drug-likeness (QED) is 0.877. The summed E-state index contributed by atoms with van der Waals surface area (Å²) in [5, 5.41) is 9.45. The zero-order valence-corrected chi connectivity index (χ0v) is 11.3. The van der Waals surface area contributed by atoms with Crippen molar-refractivity contribution in [1.82, 2.24) is 0 Å². The Kier molecular flexibility index (Phi) is 3.38. The first kappa shape index (κ1) is 13.4. The molecule has 0 spiro atoms. The Morgan fingerprint density at radius 2 is 1.94 bits per heavy atom. The Hall–Kier alpha value is -1.07. The highest BCUT2D eigenvalue weighted by Crippen LogP contribution is 2.42. The Bertz CT molecular complexity index is 531. The number of rotatable bonds is 3. The van der Waals surface area contributed by atoms with Gasteiger partial charge in [0.25, 0.3) is 0 Å². The normalized spacial score (nSPS) is 20.8. The first-order chi connectivity index (χ1) is 8.40. The summed E-state index contributed by atoms with van der Waals surface area (Å²) in [6, 6.07) is 5.43. The predicted octanol–water partition coefficient (Wildman–Crippen LogP) is 1.83. The van der Waals surface area contributed by atoms with Crippen LogP contribution < -0.4 is 5.73 Å². The number of hydrogen-bond donors (Lipinski definition) is 2. The lowest BCUT2D eigenvalue weighted by atomic mass is 9.99. The van der Waals surface area contributed by atoms with Gasteiger partial charge in [0.15, 0.2) is 9.84 Å². The topological polar surface area (TPSA) is 80.4 Å². The zero-order chi connectivity index (χ0) is 13.4. The summed E-state index contributed by atoms with van der Waals surface area (Å²) in [6.45, 7) is 1.76. The van der Waals surface area contributed by atoms with Gasteiger partial charge in [-0.15, -0.1) is 0 Å². The van der Waals surface area contributed by atoms with Crippen LogP contribution in [0.15, 0.2) is 29.2 Å². The smallest absolute Gasteiger partial charge is 0.185 e. The molecule has 0 heterocycles. The molecule has 1 fully saturated rings. The van der Waals surface area contributed by atoms with Crippen LogP contribution in [0.1, 0.15) is 32.6 Å². The Labute approximate surface area is 108 Å². The number of phenolic OH excluding ortho intramolecular Hbond substituents is 1. The summed E-state index contributed by atoms with van der Waals surface area (Å²) in [5.41, 5.74) is 5.95. The van der Waals surface area contributed by atoms with Crippen molar-refractivity contribution in [3.8, 4) is 5.75 Å². The van der Waals surface area contributed by atoms with Crippen molar-refractivity contribution in [2.24, 2.45) is 5.73 Å². The molecule has 0 radical (unpaired) electrons. The van der Waals surface area contributed by atoms with Gasteiger partial charge in [0.2, 0.25) is 0 Å². The molecular weight excluding hydrogens is 250 g/mol. The third-order valence-corrected chi connectivity index (χ3v) is 6.67. The highest BCUT2D eigenvalue weighted by Gasteiger charge is 2.49. The van der Waals surface area contributed by atoms with E-state index in [0.29, 0.717) is 12.8 Å². The molecule has 0 aromatic heterocycles. The van der Waals surface area contributed by atoms with Gasteiger partial charge in [0.05, 0.1) is 9.64 Å². The van der Waals surface area contributed by atoms with Crippen LogP contribution in [0.4, 0.5) is 0 Å². The van der Waals surface area contributed by atoms with Crippen LogP contribution in [0, 0.1) is 0 Å². The van der Waals surface area contributed by atoms with E-state index in [-0.39, 0.29) is 10.6 Å². The third-order valence-electron chi connectivity index (χ3n) is 3.94. The van der Waals surface area contributed by atoms with E-state index in [4.69, 9.17) is 5.73 Å². The molecule has 4 nitrogen and oxygen atoms in total. The second-order valence-corrected chi connectivity index (χ2v) is 7.35. The Morgan fingerprint density at radius 3 is 2.44 bits per heavy atom. The molecule has 100 valence electrons. The fourth-order valence-electron chi connectivity index (χ4n) is 2.83. The maximum absolute atomic E-state index is 12.8. The number of nitrogens with two attached hydrogens (primary N) is 1. The van der Waals surface area contributed by atoms with Gasteiger partial charge in [-0.2, -0.15) is 0 Å². The minimum absolute atomic E-state index is 0.0334. The second kappa shape index (κ2) is 4.55. The van der Waals surface area contributed by atoms with Crippen LogP contribution in [0.25, 0.3) is 0 Å². The lowest BCUT2D eigenvalue weighted by molar-refractivity contribution is 0.452. The number of benzene rings is 1. The molecule has 5 heteroatoms. The standard InChI is InChI=1S/C13H19NO3S/c1-10(14)13(7-2-3-8-13)18(16,17)12-6-4-5-11(15)9-12/h4-6,9-10,15H,2-3,7-8,14H2,1H3. The minimum atomic E-state index is -3.51. The van der Waals surface area contributed by atoms with Crippen LogP contribution in [0.2, 0.25) is 0 Å². The lowest BCUT2D eigenvalue weighted by Gasteiger charge is -2.32. The summed E-state index contributed by atoms with van der Waals surface area (Å²) in [6.07, 6.45) is 2.98. The molecule has 0 saturated heterocycles. The fraction of sp³-hybridized carbons (Fsp3) is 0.538. The molecule has 3 N–H and O–H groups in total. The van der Waals surface area contributed by atoms with Crippen LogP contribution in [-0.2, 0) is 9.84 Å². The van der Waals surface area contributed by atoms with Gasteiger partial charge in [0, 0.05) is 6.04 Å². The molecule has 0 bridgehead atoms. The van der Waals surface area contributed by atoms with Crippen molar-refractivity contribution < 1.29 is 13.5 Å². The molecular formula is C13H19NO3S. The van der Waals surface area contributed by atoms with E-state index in [0.717, 1.165) is 12.8 Å². The number of aromatic hydroxyl groups is 1. The highest BCUT2D eigenvalue weighted by atomic mass is 32.2. The van der Waals surface area contributed by atoms with E-state index in [1.165, 1.54) is 18.2 Å². The lowest BCUT2D eigenvalue weighted by Crippen LogP contribution is -2.50. The fourth-order valence-corrected chi connectivity index (χ4v) is 5.15. The van der Waals surface area contributed by atoms with E-state index in [1.54, 1.807) is 13.0 Å². The number of phenols is 1. The van der Waals surface area contributed by atoms with Crippen LogP contribution in [0.5, 0.6) is 5.75 Å². The van der Waals surface area contributed by atoms with Gasteiger partial charge in [-0.3, -0.25) is 0 Å². The third kappa shape index (κ3) is 1.91. The first-order valence-electron chi connectivity index (χ1n) is 6.19. The van der Waals surface area contributed by atoms with E-state index in [9.17, 15) is 13.5 Å². The SMILES string of the molecule is CC(N)C1(S(=O)(=O)c2cccc(O)c2)CCCC1. The average Bonchev–Trinajstić information content (AvgIpc) is 2.79. The summed E-state index contributed by atoms with van der Waals surface area (Å²) in [5.74, 6) is -0.0334. The van der Waals surface area contributed by atoms with E-state index in [2.05, 4.69) is 0 Å². The second-order valence-electron chi connectivity index (χ2n) is 5.06.